The molecule has 94 valence electrons. The standard InChI is InChI=1S/C14H11N3O2/c18-13(19)7-9-3-4-11-12(6-9)17-14(16-11)10-2-1-5-15-8-10/h1-6,8H,7H2,(H,16,17)(H,18,19). The Morgan fingerprint density at radius 2 is 2.21 bits per heavy atom. The molecule has 0 aliphatic rings. The Kier molecular flexibility index (Phi) is 2.72. The smallest absolute Gasteiger partial charge is 0.307 e. The van der Waals surface area contributed by atoms with Crippen LogP contribution in [0, 0.1) is 0 Å². The maximum atomic E-state index is 10.7. The molecule has 0 unspecified atom stereocenters. The fourth-order valence-corrected chi connectivity index (χ4v) is 1.98. The van der Waals surface area contributed by atoms with Crippen molar-refractivity contribution in [3.63, 3.8) is 0 Å². The van der Waals surface area contributed by atoms with Crippen molar-refractivity contribution in [2.45, 2.75) is 6.42 Å². The third kappa shape index (κ3) is 2.30. The van der Waals surface area contributed by atoms with E-state index in [1.54, 1.807) is 18.5 Å². The van der Waals surface area contributed by atoms with Crippen LogP contribution in [-0.4, -0.2) is 26.0 Å². The highest BCUT2D eigenvalue weighted by atomic mass is 16.4. The van der Waals surface area contributed by atoms with E-state index in [9.17, 15) is 4.79 Å². The number of fused-ring (bicyclic) bond motifs is 1. The fraction of sp³-hybridized carbons (Fsp3) is 0.0714. The van der Waals surface area contributed by atoms with Crippen molar-refractivity contribution in [3.05, 3.63) is 48.3 Å². The van der Waals surface area contributed by atoms with E-state index >= 15 is 0 Å². The van der Waals surface area contributed by atoms with Crippen molar-refractivity contribution >= 4 is 17.0 Å². The molecule has 1 aromatic carbocycles. The van der Waals surface area contributed by atoms with Crippen LogP contribution in [0.15, 0.2) is 42.7 Å². The molecule has 2 aromatic heterocycles. The molecule has 0 spiro atoms. The van der Waals surface area contributed by atoms with Gasteiger partial charge < -0.3 is 10.1 Å². The number of aromatic amines is 1. The average molecular weight is 253 g/mol. The molecule has 0 atom stereocenters. The lowest BCUT2D eigenvalue weighted by molar-refractivity contribution is -0.136. The zero-order valence-corrected chi connectivity index (χ0v) is 10.00. The SMILES string of the molecule is O=C(O)Cc1ccc2nc(-c3cccnc3)[nH]c2c1. The fourth-order valence-electron chi connectivity index (χ4n) is 1.98. The number of carboxylic acid groups (broad SMARTS) is 1. The monoisotopic (exact) mass is 253 g/mol. The van der Waals surface area contributed by atoms with Gasteiger partial charge in [0, 0.05) is 18.0 Å². The number of carbonyl (C=O) groups is 1. The van der Waals surface area contributed by atoms with Crippen LogP contribution in [0.25, 0.3) is 22.4 Å². The molecule has 0 saturated carbocycles. The normalized spacial score (nSPS) is 10.7. The summed E-state index contributed by atoms with van der Waals surface area (Å²) in [6.07, 6.45) is 3.45. The maximum Gasteiger partial charge on any atom is 0.307 e. The molecule has 0 fully saturated rings. The second kappa shape index (κ2) is 4.53. The zero-order valence-electron chi connectivity index (χ0n) is 10.00. The first-order chi connectivity index (χ1) is 9.22. The quantitative estimate of drug-likeness (QED) is 0.750. The summed E-state index contributed by atoms with van der Waals surface area (Å²) in [6, 6.07) is 9.19. The van der Waals surface area contributed by atoms with Gasteiger partial charge in [0.05, 0.1) is 17.5 Å². The predicted octanol–water partition coefficient (Wildman–Crippen LogP) is 2.25. The summed E-state index contributed by atoms with van der Waals surface area (Å²) < 4.78 is 0. The summed E-state index contributed by atoms with van der Waals surface area (Å²) in [6.45, 7) is 0. The minimum Gasteiger partial charge on any atom is -0.481 e. The van der Waals surface area contributed by atoms with Gasteiger partial charge in [-0.2, -0.15) is 0 Å². The topological polar surface area (TPSA) is 78.9 Å². The molecular formula is C14H11N3O2. The predicted molar refractivity (Wildman–Crippen MR) is 70.7 cm³/mol. The number of carboxylic acids is 1. The number of benzene rings is 1. The minimum absolute atomic E-state index is 0.0111. The third-order valence-electron chi connectivity index (χ3n) is 2.84. The lowest BCUT2D eigenvalue weighted by Gasteiger charge is -1.95. The number of rotatable bonds is 3. The maximum absolute atomic E-state index is 10.7. The van der Waals surface area contributed by atoms with Gasteiger partial charge in [0.2, 0.25) is 0 Å². The van der Waals surface area contributed by atoms with Gasteiger partial charge in [-0.15, -0.1) is 0 Å². The highest BCUT2D eigenvalue weighted by molar-refractivity contribution is 5.81. The highest BCUT2D eigenvalue weighted by Gasteiger charge is 2.07. The third-order valence-corrected chi connectivity index (χ3v) is 2.84. The Bertz CT molecular complexity index is 735. The van der Waals surface area contributed by atoms with Crippen molar-refractivity contribution in [1.29, 1.82) is 0 Å². The van der Waals surface area contributed by atoms with Gasteiger partial charge in [-0.3, -0.25) is 9.78 Å². The van der Waals surface area contributed by atoms with Gasteiger partial charge in [-0.25, -0.2) is 4.98 Å². The summed E-state index contributed by atoms with van der Waals surface area (Å²) in [7, 11) is 0. The van der Waals surface area contributed by atoms with Crippen LogP contribution < -0.4 is 0 Å². The molecule has 0 amide bonds. The lowest BCUT2D eigenvalue weighted by Crippen LogP contribution is -1.99. The Hall–Kier alpha value is -2.69. The van der Waals surface area contributed by atoms with Crippen LogP contribution in [0.4, 0.5) is 0 Å². The summed E-state index contributed by atoms with van der Waals surface area (Å²) >= 11 is 0. The summed E-state index contributed by atoms with van der Waals surface area (Å²) in [5, 5.41) is 8.79. The van der Waals surface area contributed by atoms with E-state index < -0.39 is 5.97 Å². The van der Waals surface area contributed by atoms with E-state index in [2.05, 4.69) is 15.0 Å². The van der Waals surface area contributed by atoms with Crippen LogP contribution in [0.3, 0.4) is 0 Å². The van der Waals surface area contributed by atoms with E-state index in [1.165, 1.54) is 0 Å². The number of pyridine rings is 1. The van der Waals surface area contributed by atoms with Crippen LogP contribution in [0.2, 0.25) is 0 Å². The van der Waals surface area contributed by atoms with Crippen molar-refractivity contribution in [1.82, 2.24) is 15.0 Å². The molecule has 0 saturated heterocycles. The molecule has 0 radical (unpaired) electrons. The molecule has 0 aliphatic carbocycles. The van der Waals surface area contributed by atoms with Crippen molar-refractivity contribution in [3.8, 4) is 11.4 Å². The number of hydrogen-bond donors (Lipinski definition) is 2. The van der Waals surface area contributed by atoms with E-state index in [0.717, 1.165) is 28.0 Å². The van der Waals surface area contributed by atoms with Gasteiger partial charge in [-0.05, 0) is 29.8 Å². The average Bonchev–Trinajstić information content (AvgIpc) is 2.82. The van der Waals surface area contributed by atoms with E-state index in [-0.39, 0.29) is 6.42 Å². The van der Waals surface area contributed by atoms with E-state index in [0.29, 0.717) is 0 Å². The van der Waals surface area contributed by atoms with E-state index in [4.69, 9.17) is 5.11 Å². The van der Waals surface area contributed by atoms with Crippen LogP contribution in [-0.2, 0) is 11.2 Å². The summed E-state index contributed by atoms with van der Waals surface area (Å²) in [5.74, 6) is -0.109. The zero-order chi connectivity index (χ0) is 13.2. The lowest BCUT2D eigenvalue weighted by atomic mass is 10.1. The van der Waals surface area contributed by atoms with Crippen molar-refractivity contribution in [2.24, 2.45) is 0 Å². The van der Waals surface area contributed by atoms with Gasteiger partial charge >= 0.3 is 5.97 Å². The number of H-pyrrole nitrogens is 1. The second-order valence-electron chi connectivity index (χ2n) is 4.25. The van der Waals surface area contributed by atoms with Gasteiger partial charge in [0.15, 0.2) is 0 Å². The molecule has 0 aliphatic heterocycles. The van der Waals surface area contributed by atoms with Crippen LogP contribution in [0.1, 0.15) is 5.56 Å². The Labute approximate surface area is 109 Å². The first-order valence-corrected chi connectivity index (χ1v) is 5.83. The Balaban J connectivity index is 2.04. The molecule has 0 bridgehead atoms. The molecule has 19 heavy (non-hydrogen) atoms. The van der Waals surface area contributed by atoms with Crippen LogP contribution in [0.5, 0.6) is 0 Å². The van der Waals surface area contributed by atoms with Crippen molar-refractivity contribution in [2.75, 3.05) is 0 Å². The van der Waals surface area contributed by atoms with Gasteiger partial charge in [0.25, 0.3) is 0 Å². The molecule has 2 heterocycles. The Morgan fingerprint density at radius 1 is 1.32 bits per heavy atom. The molecular weight excluding hydrogens is 242 g/mol. The highest BCUT2D eigenvalue weighted by Crippen LogP contribution is 2.20. The first-order valence-electron chi connectivity index (χ1n) is 5.83. The molecule has 2 N–H and O–H groups in total. The van der Waals surface area contributed by atoms with Gasteiger partial charge in [-0.1, -0.05) is 6.07 Å². The number of aliphatic carboxylic acids is 1. The minimum atomic E-state index is -0.841. The number of hydrogen-bond acceptors (Lipinski definition) is 3. The van der Waals surface area contributed by atoms with Crippen LogP contribution >= 0.6 is 0 Å². The number of imidazole rings is 1. The second-order valence-corrected chi connectivity index (χ2v) is 4.25. The molecule has 3 aromatic rings. The number of aromatic nitrogens is 3. The largest absolute Gasteiger partial charge is 0.481 e. The number of nitrogens with one attached hydrogen (secondary N) is 1. The van der Waals surface area contributed by atoms with E-state index in [1.807, 2.05) is 24.3 Å². The molecule has 3 rings (SSSR count). The Morgan fingerprint density at radius 3 is 2.95 bits per heavy atom. The molecule has 5 nitrogen and oxygen atoms in total. The molecule has 5 heteroatoms. The summed E-state index contributed by atoms with van der Waals surface area (Å²) in [5.41, 5.74) is 3.30. The number of nitrogens with zero attached hydrogens (tertiary/aromatic N) is 2. The summed E-state index contributed by atoms with van der Waals surface area (Å²) in [4.78, 5) is 22.4. The van der Waals surface area contributed by atoms with Crippen molar-refractivity contribution < 1.29 is 9.90 Å². The van der Waals surface area contributed by atoms with Gasteiger partial charge in [0.1, 0.15) is 5.82 Å². The first kappa shape index (κ1) is 11.4.